The molecule has 3 aliphatic carbocycles. The van der Waals surface area contributed by atoms with Crippen LogP contribution in [0.4, 0.5) is 0 Å². The molecule has 3 fully saturated rings. The second-order valence-electron chi connectivity index (χ2n) is 13.0. The molecule has 0 radical (unpaired) electrons. The highest BCUT2D eigenvalue weighted by molar-refractivity contribution is 5.29. The monoisotopic (exact) mass is 426 g/mol. The largest absolute Gasteiger partial charge is 0.388 e. The Balaban J connectivity index is 1.71. The predicted molar refractivity (Wildman–Crippen MR) is 135 cm³/mol. The molecular weight excluding hydrogens is 376 g/mol. The summed E-state index contributed by atoms with van der Waals surface area (Å²) < 4.78 is 0. The second kappa shape index (κ2) is 9.58. The fourth-order valence-electron chi connectivity index (χ4n) is 7.14. The Kier molecular flexibility index (Phi) is 7.67. The first-order valence-electron chi connectivity index (χ1n) is 13.2. The SMILES string of the molecule is C=C1C(O)C/C(=C\C=C2/CCCC3(C)C2CCC3C(C)[C@H](C)CCC(C)(C)C)C[C@H]1C. The van der Waals surface area contributed by atoms with E-state index in [1.165, 1.54) is 50.5 Å². The minimum absolute atomic E-state index is 0.351. The summed E-state index contributed by atoms with van der Waals surface area (Å²) >= 11 is 0. The molecule has 31 heavy (non-hydrogen) atoms. The van der Waals surface area contributed by atoms with Gasteiger partial charge in [-0.25, -0.2) is 0 Å². The van der Waals surface area contributed by atoms with E-state index in [-0.39, 0.29) is 6.10 Å². The van der Waals surface area contributed by atoms with Crippen molar-refractivity contribution in [2.75, 3.05) is 0 Å². The van der Waals surface area contributed by atoms with Crippen LogP contribution in [0.2, 0.25) is 0 Å². The van der Waals surface area contributed by atoms with Crippen LogP contribution in [0.15, 0.2) is 35.5 Å². The van der Waals surface area contributed by atoms with Crippen LogP contribution in [0, 0.1) is 40.4 Å². The lowest BCUT2D eigenvalue weighted by atomic mass is 9.59. The van der Waals surface area contributed by atoms with Crippen LogP contribution in [0.5, 0.6) is 0 Å². The van der Waals surface area contributed by atoms with Gasteiger partial charge in [0.2, 0.25) is 0 Å². The summed E-state index contributed by atoms with van der Waals surface area (Å²) in [4.78, 5) is 0. The average molecular weight is 427 g/mol. The first-order valence-corrected chi connectivity index (χ1v) is 13.2. The van der Waals surface area contributed by atoms with Gasteiger partial charge in [-0.15, -0.1) is 0 Å². The van der Waals surface area contributed by atoms with Gasteiger partial charge in [0.25, 0.3) is 0 Å². The van der Waals surface area contributed by atoms with Crippen LogP contribution in [0.3, 0.4) is 0 Å². The molecule has 0 aromatic heterocycles. The summed E-state index contributed by atoms with van der Waals surface area (Å²) in [5.74, 6) is 3.66. The maximum absolute atomic E-state index is 10.3. The second-order valence-corrected chi connectivity index (χ2v) is 13.0. The molecule has 1 heteroatoms. The third-order valence-corrected chi connectivity index (χ3v) is 9.54. The highest BCUT2D eigenvalue weighted by Crippen LogP contribution is 2.60. The van der Waals surface area contributed by atoms with Crippen LogP contribution in [-0.2, 0) is 0 Å². The molecule has 0 aromatic rings. The predicted octanol–water partition coefficient (Wildman–Crippen LogP) is 8.50. The van der Waals surface area contributed by atoms with Crippen LogP contribution in [-0.4, -0.2) is 11.2 Å². The van der Waals surface area contributed by atoms with E-state index < -0.39 is 0 Å². The van der Waals surface area contributed by atoms with Gasteiger partial charge in [0.05, 0.1) is 6.10 Å². The van der Waals surface area contributed by atoms with Crippen molar-refractivity contribution in [3.63, 3.8) is 0 Å². The number of hydrogen-bond acceptors (Lipinski definition) is 1. The van der Waals surface area contributed by atoms with Crippen molar-refractivity contribution in [3.8, 4) is 0 Å². The number of rotatable bonds is 5. The van der Waals surface area contributed by atoms with Gasteiger partial charge in [0.15, 0.2) is 0 Å². The van der Waals surface area contributed by atoms with E-state index in [2.05, 4.69) is 67.2 Å². The number of fused-ring (bicyclic) bond motifs is 1. The third-order valence-electron chi connectivity index (χ3n) is 9.54. The fourth-order valence-corrected chi connectivity index (χ4v) is 7.14. The quantitative estimate of drug-likeness (QED) is 0.437. The summed E-state index contributed by atoms with van der Waals surface area (Å²) in [5, 5.41) is 10.3. The zero-order valence-electron chi connectivity index (χ0n) is 21.6. The lowest BCUT2D eigenvalue weighted by Crippen LogP contribution is -2.37. The summed E-state index contributed by atoms with van der Waals surface area (Å²) in [6, 6.07) is 0. The van der Waals surface area contributed by atoms with Crippen molar-refractivity contribution in [3.05, 3.63) is 35.5 Å². The van der Waals surface area contributed by atoms with Gasteiger partial charge in [-0.05, 0) is 104 Å². The van der Waals surface area contributed by atoms with Gasteiger partial charge in [0.1, 0.15) is 0 Å². The van der Waals surface area contributed by atoms with Crippen molar-refractivity contribution >= 4 is 0 Å². The highest BCUT2D eigenvalue weighted by Gasteiger charge is 2.51. The van der Waals surface area contributed by atoms with E-state index >= 15 is 0 Å². The van der Waals surface area contributed by atoms with Crippen LogP contribution in [0.1, 0.15) is 106 Å². The number of aliphatic hydroxyl groups is 1. The Labute approximate surface area is 193 Å². The Morgan fingerprint density at radius 1 is 1.16 bits per heavy atom. The zero-order chi connectivity index (χ0) is 23.0. The molecule has 3 rings (SSSR count). The highest BCUT2D eigenvalue weighted by atomic mass is 16.3. The van der Waals surface area contributed by atoms with Crippen LogP contribution in [0.25, 0.3) is 0 Å². The molecule has 0 spiro atoms. The lowest BCUT2D eigenvalue weighted by molar-refractivity contribution is 0.0714. The van der Waals surface area contributed by atoms with Crippen LogP contribution < -0.4 is 0 Å². The Hall–Kier alpha value is -0.820. The number of hydrogen-bond donors (Lipinski definition) is 1. The smallest absolute Gasteiger partial charge is 0.0787 e. The summed E-state index contributed by atoms with van der Waals surface area (Å²) in [7, 11) is 0. The molecule has 0 amide bonds. The third kappa shape index (κ3) is 5.58. The van der Waals surface area contributed by atoms with Crippen molar-refractivity contribution in [1.29, 1.82) is 0 Å². The summed E-state index contributed by atoms with van der Waals surface area (Å²) in [6.07, 6.45) is 15.8. The summed E-state index contributed by atoms with van der Waals surface area (Å²) in [5.41, 5.74) is 5.05. The van der Waals surface area contributed by atoms with Crippen molar-refractivity contribution in [2.24, 2.45) is 40.4 Å². The normalized spacial score (nSPS) is 39.0. The van der Waals surface area contributed by atoms with Crippen molar-refractivity contribution in [2.45, 2.75) is 112 Å². The first-order chi connectivity index (χ1) is 14.4. The van der Waals surface area contributed by atoms with Gasteiger partial charge in [-0.2, -0.15) is 0 Å². The molecule has 7 atom stereocenters. The maximum Gasteiger partial charge on any atom is 0.0787 e. The van der Waals surface area contributed by atoms with E-state index in [1.807, 2.05) is 0 Å². The van der Waals surface area contributed by atoms with Crippen molar-refractivity contribution < 1.29 is 5.11 Å². The van der Waals surface area contributed by atoms with Gasteiger partial charge in [-0.3, -0.25) is 0 Å². The molecule has 0 aliphatic heterocycles. The Morgan fingerprint density at radius 2 is 1.87 bits per heavy atom. The van der Waals surface area contributed by atoms with Crippen molar-refractivity contribution in [1.82, 2.24) is 0 Å². The van der Waals surface area contributed by atoms with Crippen LogP contribution >= 0.6 is 0 Å². The van der Waals surface area contributed by atoms with Gasteiger partial charge in [-0.1, -0.05) is 78.3 Å². The number of allylic oxidation sites excluding steroid dienone is 3. The summed E-state index contributed by atoms with van der Waals surface area (Å²) in [6.45, 7) is 21.1. The molecule has 1 nitrogen and oxygen atoms in total. The molecule has 1 N–H and O–H groups in total. The maximum atomic E-state index is 10.3. The van der Waals surface area contributed by atoms with Gasteiger partial charge in [0, 0.05) is 0 Å². The molecule has 3 saturated carbocycles. The van der Waals surface area contributed by atoms with E-state index in [1.54, 1.807) is 5.57 Å². The molecule has 3 aliphatic rings. The molecule has 176 valence electrons. The number of aliphatic hydroxyl groups excluding tert-OH is 1. The van der Waals surface area contributed by atoms with Gasteiger partial charge < -0.3 is 5.11 Å². The fraction of sp³-hybridized carbons (Fsp3) is 0.800. The minimum atomic E-state index is -0.351. The zero-order valence-corrected chi connectivity index (χ0v) is 21.6. The lowest BCUT2D eigenvalue weighted by Gasteiger charge is -2.45. The topological polar surface area (TPSA) is 20.2 Å². The average Bonchev–Trinajstić information content (AvgIpc) is 3.04. The molecule has 0 heterocycles. The standard InChI is InChI=1S/C30H50O/c1-20(15-17-29(5,6)7)22(3)26-13-14-27-25(10-9-16-30(26,27)8)12-11-24-18-21(2)23(4)28(31)19-24/h11-12,20-22,26-28,31H,4,9-10,13-19H2,1-3,5-8H3/b24-11-,25-12+/t20-,21-,22?,26?,27?,28?,30?/m1/s1. The molecule has 0 saturated heterocycles. The van der Waals surface area contributed by atoms with E-state index in [4.69, 9.17) is 0 Å². The Bertz CT molecular complexity index is 688. The minimum Gasteiger partial charge on any atom is -0.388 e. The van der Waals surface area contributed by atoms with E-state index in [9.17, 15) is 5.11 Å². The first kappa shape index (κ1) is 24.8. The Morgan fingerprint density at radius 3 is 2.52 bits per heavy atom. The van der Waals surface area contributed by atoms with E-state index in [0.29, 0.717) is 16.7 Å². The van der Waals surface area contributed by atoms with E-state index in [0.717, 1.165) is 42.1 Å². The molecule has 0 bridgehead atoms. The molecule has 0 aromatic carbocycles. The molecule has 5 unspecified atom stereocenters. The van der Waals surface area contributed by atoms with Gasteiger partial charge >= 0.3 is 0 Å². The molecular formula is C30H50O.